The summed E-state index contributed by atoms with van der Waals surface area (Å²) in [6, 6.07) is 1.86. The van der Waals surface area contributed by atoms with Gasteiger partial charge in [-0.05, 0) is 29.8 Å². The normalized spacial score (nSPS) is 12.8. The van der Waals surface area contributed by atoms with Gasteiger partial charge in [0.05, 0.1) is 22.9 Å². The summed E-state index contributed by atoms with van der Waals surface area (Å²) in [6.07, 6.45) is -8.55. The Balaban J connectivity index is 1.96. The molecule has 0 saturated heterocycles. The third kappa shape index (κ3) is 5.64. The first-order chi connectivity index (χ1) is 15.4. The molecule has 14 heteroatoms. The number of rotatable bonds is 4. The van der Waals surface area contributed by atoms with Crippen LogP contribution in [0.5, 0.6) is 0 Å². The molecule has 8 nitrogen and oxygen atoms in total. The molecule has 33 heavy (non-hydrogen) atoms. The molecular formula is C19H13F6N5O3. The lowest BCUT2D eigenvalue weighted by molar-refractivity contribution is -0.139. The van der Waals surface area contributed by atoms with Crippen LogP contribution >= 0.6 is 0 Å². The van der Waals surface area contributed by atoms with Crippen molar-refractivity contribution in [1.82, 2.24) is 25.8 Å². The number of amides is 3. The van der Waals surface area contributed by atoms with Crippen molar-refractivity contribution in [3.05, 3.63) is 76.7 Å². The number of aryl methyl sites for hydroxylation is 1. The summed E-state index contributed by atoms with van der Waals surface area (Å²) in [4.78, 5) is 31.7. The SMILES string of the molecule is Cc1nc(C(=O)NC(=O)N[C@@H](c2ccc(C(F)(F)F)cc2)c2ncccc2C(F)(F)F)no1. The summed E-state index contributed by atoms with van der Waals surface area (Å²) in [7, 11) is 0. The highest BCUT2D eigenvalue weighted by atomic mass is 19.4. The molecule has 2 N–H and O–H groups in total. The molecule has 3 amide bonds. The molecule has 0 bridgehead atoms. The van der Waals surface area contributed by atoms with E-state index in [0.29, 0.717) is 18.2 Å². The lowest BCUT2D eigenvalue weighted by Crippen LogP contribution is -2.42. The molecule has 2 aromatic heterocycles. The second kappa shape index (κ2) is 8.88. The molecular weight excluding hydrogens is 460 g/mol. The Bertz CT molecular complexity index is 1160. The molecule has 0 aliphatic heterocycles. The van der Waals surface area contributed by atoms with Gasteiger partial charge in [-0.1, -0.05) is 17.3 Å². The van der Waals surface area contributed by atoms with E-state index in [2.05, 4.69) is 25.0 Å². The average molecular weight is 473 g/mol. The van der Waals surface area contributed by atoms with Crippen molar-refractivity contribution in [1.29, 1.82) is 0 Å². The Morgan fingerprint density at radius 1 is 1.00 bits per heavy atom. The standard InChI is InChI=1S/C19H13F6N5O3/c1-9-27-15(30-33-9)16(31)29-17(32)28-13(10-4-6-11(7-5-10)18(20,21)22)14-12(19(23,24)25)3-2-8-26-14/h2-8,13H,1H3,(H2,28,29,31,32)/t13-/m0/s1. The second-order valence-corrected chi connectivity index (χ2v) is 6.55. The Morgan fingerprint density at radius 2 is 1.67 bits per heavy atom. The zero-order valence-corrected chi connectivity index (χ0v) is 16.5. The molecule has 2 heterocycles. The number of nitrogens with one attached hydrogen (secondary N) is 2. The number of nitrogens with zero attached hydrogens (tertiary/aromatic N) is 3. The van der Waals surface area contributed by atoms with Gasteiger partial charge in [-0.25, -0.2) is 4.79 Å². The number of halogens is 6. The smallest absolute Gasteiger partial charge is 0.339 e. The summed E-state index contributed by atoms with van der Waals surface area (Å²) in [6.45, 7) is 1.38. The largest absolute Gasteiger partial charge is 0.418 e. The Morgan fingerprint density at radius 3 is 2.21 bits per heavy atom. The van der Waals surface area contributed by atoms with Crippen LogP contribution in [0.25, 0.3) is 0 Å². The summed E-state index contributed by atoms with van der Waals surface area (Å²) in [5.74, 6) is -1.61. The fourth-order valence-corrected chi connectivity index (χ4v) is 2.78. The van der Waals surface area contributed by atoms with Gasteiger partial charge in [0.2, 0.25) is 5.89 Å². The average Bonchev–Trinajstić information content (AvgIpc) is 3.17. The minimum absolute atomic E-state index is 0.0199. The monoisotopic (exact) mass is 473 g/mol. The molecule has 0 saturated carbocycles. The minimum atomic E-state index is -4.89. The molecule has 1 aromatic carbocycles. The van der Waals surface area contributed by atoms with Gasteiger partial charge in [0.1, 0.15) is 0 Å². The molecule has 174 valence electrons. The zero-order chi connectivity index (χ0) is 24.4. The quantitative estimate of drug-likeness (QED) is 0.554. The predicted octanol–water partition coefficient (Wildman–Crippen LogP) is 4.04. The van der Waals surface area contributed by atoms with Crippen LogP contribution in [0.3, 0.4) is 0 Å². The number of carbonyl (C=O) groups is 2. The molecule has 0 fully saturated rings. The molecule has 3 aromatic rings. The van der Waals surface area contributed by atoms with E-state index in [0.717, 1.165) is 24.4 Å². The summed E-state index contributed by atoms with van der Waals surface area (Å²) in [5, 5.41) is 7.23. The van der Waals surface area contributed by atoms with Gasteiger partial charge in [0, 0.05) is 13.1 Å². The topological polar surface area (TPSA) is 110 Å². The van der Waals surface area contributed by atoms with E-state index in [-0.39, 0.29) is 11.5 Å². The van der Waals surface area contributed by atoms with E-state index in [1.54, 1.807) is 0 Å². The first-order valence-electron chi connectivity index (χ1n) is 8.97. The lowest BCUT2D eigenvalue weighted by atomic mass is 9.98. The van der Waals surface area contributed by atoms with Crippen LogP contribution in [0.4, 0.5) is 31.1 Å². The van der Waals surface area contributed by atoms with Crippen molar-refractivity contribution in [2.45, 2.75) is 25.3 Å². The first kappa shape index (κ1) is 23.7. The Labute approximate surface area is 181 Å². The van der Waals surface area contributed by atoms with Gasteiger partial charge < -0.3 is 9.84 Å². The highest BCUT2D eigenvalue weighted by Crippen LogP contribution is 2.36. The molecule has 0 spiro atoms. The minimum Gasteiger partial charge on any atom is -0.339 e. The molecule has 1 atom stereocenters. The van der Waals surface area contributed by atoms with Gasteiger partial charge in [0.25, 0.3) is 5.82 Å². The second-order valence-electron chi connectivity index (χ2n) is 6.55. The summed E-state index contributed by atoms with van der Waals surface area (Å²) in [5.41, 5.74) is -3.11. The van der Waals surface area contributed by atoms with Crippen molar-refractivity contribution >= 4 is 11.9 Å². The molecule has 3 rings (SSSR count). The number of urea groups is 1. The number of pyridine rings is 1. The van der Waals surface area contributed by atoms with Crippen LogP contribution < -0.4 is 10.6 Å². The number of hydrogen-bond donors (Lipinski definition) is 2. The van der Waals surface area contributed by atoms with E-state index >= 15 is 0 Å². The molecule has 0 aliphatic carbocycles. The van der Waals surface area contributed by atoms with Crippen LogP contribution in [0.15, 0.2) is 47.1 Å². The number of hydrogen-bond acceptors (Lipinski definition) is 6. The summed E-state index contributed by atoms with van der Waals surface area (Å²) >= 11 is 0. The van der Waals surface area contributed by atoms with Crippen molar-refractivity contribution in [3.8, 4) is 0 Å². The number of benzene rings is 1. The van der Waals surface area contributed by atoms with E-state index in [1.807, 2.05) is 5.32 Å². The maximum absolute atomic E-state index is 13.5. The van der Waals surface area contributed by atoms with Crippen LogP contribution in [0, 0.1) is 6.92 Å². The van der Waals surface area contributed by atoms with Crippen molar-refractivity contribution in [2.75, 3.05) is 0 Å². The third-order valence-corrected chi connectivity index (χ3v) is 4.22. The Kier molecular flexibility index (Phi) is 6.37. The van der Waals surface area contributed by atoms with Crippen molar-refractivity contribution < 1.29 is 40.5 Å². The van der Waals surface area contributed by atoms with Gasteiger partial charge >= 0.3 is 24.3 Å². The first-order valence-corrected chi connectivity index (χ1v) is 8.97. The van der Waals surface area contributed by atoms with Crippen molar-refractivity contribution in [2.24, 2.45) is 0 Å². The van der Waals surface area contributed by atoms with Crippen LogP contribution in [0.1, 0.15) is 44.9 Å². The Hall–Kier alpha value is -3.97. The van der Waals surface area contributed by atoms with Crippen LogP contribution in [-0.2, 0) is 12.4 Å². The summed E-state index contributed by atoms with van der Waals surface area (Å²) < 4.78 is 83.8. The number of imide groups is 1. The highest BCUT2D eigenvalue weighted by molar-refractivity contribution is 6.02. The number of aromatic nitrogens is 3. The van der Waals surface area contributed by atoms with Crippen LogP contribution in [-0.4, -0.2) is 27.1 Å². The maximum atomic E-state index is 13.5. The fourth-order valence-electron chi connectivity index (χ4n) is 2.78. The maximum Gasteiger partial charge on any atom is 0.418 e. The van der Waals surface area contributed by atoms with Gasteiger partial charge in [-0.3, -0.25) is 15.1 Å². The van der Waals surface area contributed by atoms with Crippen LogP contribution in [0.2, 0.25) is 0 Å². The predicted molar refractivity (Wildman–Crippen MR) is 97.6 cm³/mol. The van der Waals surface area contributed by atoms with E-state index in [9.17, 15) is 35.9 Å². The highest BCUT2D eigenvalue weighted by Gasteiger charge is 2.37. The van der Waals surface area contributed by atoms with E-state index in [1.165, 1.54) is 6.92 Å². The van der Waals surface area contributed by atoms with E-state index < -0.39 is 53.0 Å². The van der Waals surface area contributed by atoms with Crippen molar-refractivity contribution in [3.63, 3.8) is 0 Å². The zero-order valence-electron chi connectivity index (χ0n) is 16.5. The molecule has 0 aliphatic rings. The number of carbonyl (C=O) groups excluding carboxylic acids is 2. The van der Waals surface area contributed by atoms with Gasteiger partial charge in [0.15, 0.2) is 0 Å². The molecule has 0 radical (unpaired) electrons. The van der Waals surface area contributed by atoms with Gasteiger partial charge in [-0.2, -0.15) is 31.3 Å². The fraction of sp³-hybridized carbons (Fsp3) is 0.211. The third-order valence-electron chi connectivity index (χ3n) is 4.22. The number of alkyl halides is 6. The lowest BCUT2D eigenvalue weighted by Gasteiger charge is -2.22. The molecule has 0 unspecified atom stereocenters. The van der Waals surface area contributed by atoms with Gasteiger partial charge in [-0.15, -0.1) is 0 Å². The van der Waals surface area contributed by atoms with E-state index in [4.69, 9.17) is 0 Å².